The third kappa shape index (κ3) is 44.7. The number of carbonyl (C=O) groups is 2. The topological polar surface area (TPSA) is 236 Å². The Morgan fingerprint density at radius 3 is 1.57 bits per heavy atom. The van der Waals surface area contributed by atoms with E-state index in [1.54, 1.807) is 24.3 Å². The van der Waals surface area contributed by atoms with Gasteiger partial charge in [0.1, 0.15) is 12.7 Å². The van der Waals surface area contributed by atoms with Gasteiger partial charge in [0.05, 0.1) is 32.0 Å². The van der Waals surface area contributed by atoms with Crippen LogP contribution in [-0.4, -0.2) is 92.8 Å². The quantitative estimate of drug-likeness (QED) is 0.0110. The van der Waals surface area contributed by atoms with Crippen molar-refractivity contribution in [1.82, 2.24) is 0 Å². The fraction of sp³-hybridized carbons (Fsp3) is 0.739. The van der Waals surface area contributed by atoms with Gasteiger partial charge in [-0.05, 0) is 57.8 Å². The number of ether oxygens (including phenoxy) is 2. The monoisotopic (exact) mass is 937 g/mol. The minimum atomic E-state index is -4.89. The summed E-state index contributed by atoms with van der Waals surface area (Å²) in [5, 5.41) is 30.0. The summed E-state index contributed by atoms with van der Waals surface area (Å²) >= 11 is 0. The Morgan fingerprint density at radius 2 is 1.00 bits per heavy atom. The minimum absolute atomic E-state index is 0.119. The first-order valence-corrected chi connectivity index (χ1v) is 26.2. The number of unbranched alkanes of at least 4 members (excludes halogenated alkanes) is 15. The fourth-order valence-electron chi connectivity index (χ4n) is 5.97. The summed E-state index contributed by atoms with van der Waals surface area (Å²) in [5.41, 5.74) is 0. The van der Waals surface area contributed by atoms with Gasteiger partial charge >= 0.3 is 27.6 Å². The summed E-state index contributed by atoms with van der Waals surface area (Å²) in [6.45, 7) is 1.40. The molecular formula is C46H82O15P2. The summed E-state index contributed by atoms with van der Waals surface area (Å²) in [4.78, 5) is 52.8. The Bertz CT molecular complexity index is 1380. The van der Waals surface area contributed by atoms with Crippen LogP contribution in [0.2, 0.25) is 0 Å². The van der Waals surface area contributed by atoms with Crippen LogP contribution in [0.4, 0.5) is 0 Å². The van der Waals surface area contributed by atoms with Crippen molar-refractivity contribution < 1.29 is 71.8 Å². The first kappa shape index (κ1) is 60.7. The van der Waals surface area contributed by atoms with E-state index in [1.807, 2.05) is 24.3 Å². The maximum atomic E-state index is 12.7. The summed E-state index contributed by atoms with van der Waals surface area (Å²) in [6.07, 6.45) is 37.0. The number of rotatable bonds is 43. The Labute approximate surface area is 377 Å². The Kier molecular flexibility index (Phi) is 39.7. The van der Waals surface area contributed by atoms with E-state index in [9.17, 15) is 38.9 Å². The molecule has 0 heterocycles. The smallest absolute Gasteiger partial charge is 0.462 e. The van der Waals surface area contributed by atoms with Gasteiger partial charge in [0.2, 0.25) is 0 Å². The standard InChI is InChI=1S/C46H82O15P2/c1-3-5-7-8-9-10-11-12-13-14-15-16-17-18-22-25-29-35-45(50)57-39-44(40-60-63(55,56)59-38-43(49)37-58-62(52,53)54)61-46(51)36-30-34-42(48)33-28-24-21-19-20-23-27-32-41(47)31-26-6-4-2/h12-13,20-21,23-24,27-28,32-33,41-44,47-49H,3-11,14-19,22,25-26,29-31,34-40H2,1-2H3,(H,55,56)(H2,52,53,54)/b13-12-,23-20-,24-21-,32-27+,33-28+/t41-,42-,43+,44-/m1/s1. The van der Waals surface area contributed by atoms with Crippen molar-refractivity contribution in [2.45, 2.75) is 192 Å². The molecule has 15 nitrogen and oxygen atoms in total. The maximum absolute atomic E-state index is 12.7. The highest BCUT2D eigenvalue weighted by Gasteiger charge is 2.28. The van der Waals surface area contributed by atoms with Crippen LogP contribution in [0.1, 0.15) is 168 Å². The number of hydrogen-bond donors (Lipinski definition) is 6. The predicted molar refractivity (Wildman–Crippen MR) is 246 cm³/mol. The molecule has 0 rings (SSSR count). The van der Waals surface area contributed by atoms with Gasteiger partial charge in [0.25, 0.3) is 0 Å². The van der Waals surface area contributed by atoms with Crippen molar-refractivity contribution in [1.29, 1.82) is 0 Å². The molecular weight excluding hydrogens is 854 g/mol. The van der Waals surface area contributed by atoms with Gasteiger partial charge in [0, 0.05) is 12.8 Å². The zero-order chi connectivity index (χ0) is 46.9. The molecule has 0 amide bonds. The van der Waals surface area contributed by atoms with Crippen LogP contribution in [0, 0.1) is 0 Å². The molecule has 6 N–H and O–H groups in total. The fourth-order valence-corrected chi connectivity index (χ4v) is 7.12. The van der Waals surface area contributed by atoms with E-state index in [1.165, 1.54) is 57.8 Å². The van der Waals surface area contributed by atoms with E-state index < -0.39 is 78.4 Å². The molecule has 0 aromatic heterocycles. The predicted octanol–water partition coefficient (Wildman–Crippen LogP) is 9.95. The van der Waals surface area contributed by atoms with Gasteiger partial charge in [-0.25, -0.2) is 9.13 Å². The average molecular weight is 937 g/mol. The zero-order valence-electron chi connectivity index (χ0n) is 38.1. The van der Waals surface area contributed by atoms with Crippen molar-refractivity contribution >= 4 is 27.6 Å². The van der Waals surface area contributed by atoms with E-state index in [2.05, 4.69) is 35.0 Å². The number of phosphoric acid groups is 2. The molecule has 0 fully saturated rings. The van der Waals surface area contributed by atoms with Crippen molar-refractivity contribution in [3.8, 4) is 0 Å². The second-order valence-electron chi connectivity index (χ2n) is 15.7. The van der Waals surface area contributed by atoms with Crippen LogP contribution in [0.15, 0.2) is 60.8 Å². The number of aliphatic hydroxyl groups excluding tert-OH is 3. The summed E-state index contributed by atoms with van der Waals surface area (Å²) in [7, 11) is -9.77. The molecule has 0 aromatic carbocycles. The zero-order valence-corrected chi connectivity index (χ0v) is 39.9. The number of carbonyl (C=O) groups excluding carboxylic acids is 2. The molecule has 0 saturated heterocycles. The molecule has 17 heteroatoms. The molecule has 0 aliphatic carbocycles. The van der Waals surface area contributed by atoms with Crippen LogP contribution >= 0.6 is 15.6 Å². The largest absolute Gasteiger partial charge is 0.472 e. The van der Waals surface area contributed by atoms with Crippen molar-refractivity contribution in [3.63, 3.8) is 0 Å². The van der Waals surface area contributed by atoms with Crippen LogP contribution in [-0.2, 0) is 41.8 Å². The molecule has 0 aromatic rings. The van der Waals surface area contributed by atoms with Crippen molar-refractivity contribution in [3.05, 3.63) is 60.8 Å². The molecule has 0 radical (unpaired) electrons. The van der Waals surface area contributed by atoms with E-state index in [-0.39, 0.29) is 25.7 Å². The average Bonchev–Trinajstić information content (AvgIpc) is 3.23. The van der Waals surface area contributed by atoms with Crippen LogP contribution in [0.3, 0.4) is 0 Å². The maximum Gasteiger partial charge on any atom is 0.472 e. The second-order valence-corrected chi connectivity index (χ2v) is 18.4. The highest BCUT2D eigenvalue weighted by Crippen LogP contribution is 2.43. The highest BCUT2D eigenvalue weighted by atomic mass is 31.2. The normalized spacial score (nSPS) is 15.5. The molecule has 366 valence electrons. The Hall–Kier alpha value is -2.26. The van der Waals surface area contributed by atoms with E-state index in [4.69, 9.17) is 23.8 Å². The van der Waals surface area contributed by atoms with Gasteiger partial charge < -0.3 is 39.5 Å². The van der Waals surface area contributed by atoms with Gasteiger partial charge in [0.15, 0.2) is 6.10 Å². The highest BCUT2D eigenvalue weighted by molar-refractivity contribution is 7.47. The summed E-state index contributed by atoms with van der Waals surface area (Å²) in [6, 6.07) is 0. The van der Waals surface area contributed by atoms with Crippen molar-refractivity contribution in [2.75, 3.05) is 26.4 Å². The Balaban J connectivity index is 4.72. The van der Waals surface area contributed by atoms with E-state index in [0.29, 0.717) is 12.8 Å². The van der Waals surface area contributed by atoms with E-state index >= 15 is 0 Å². The van der Waals surface area contributed by atoms with Gasteiger partial charge in [-0.3, -0.25) is 23.2 Å². The minimum Gasteiger partial charge on any atom is -0.462 e. The number of aliphatic hydroxyl groups is 3. The molecule has 0 spiro atoms. The number of hydrogen-bond acceptors (Lipinski definition) is 12. The molecule has 1 unspecified atom stereocenters. The third-order valence-electron chi connectivity index (χ3n) is 9.58. The van der Waals surface area contributed by atoms with Crippen LogP contribution < -0.4 is 0 Å². The molecule has 63 heavy (non-hydrogen) atoms. The van der Waals surface area contributed by atoms with Crippen LogP contribution in [0.5, 0.6) is 0 Å². The first-order chi connectivity index (χ1) is 30.2. The van der Waals surface area contributed by atoms with Crippen molar-refractivity contribution in [2.24, 2.45) is 0 Å². The lowest BCUT2D eigenvalue weighted by molar-refractivity contribution is -0.161. The van der Waals surface area contributed by atoms with Gasteiger partial charge in [-0.2, -0.15) is 0 Å². The van der Waals surface area contributed by atoms with Gasteiger partial charge in [-0.1, -0.05) is 158 Å². The first-order valence-electron chi connectivity index (χ1n) is 23.2. The molecule has 0 bridgehead atoms. The lowest BCUT2D eigenvalue weighted by atomic mass is 10.1. The SMILES string of the molecule is CCCCCCCC/C=C\CCCCCCCCCC(=O)OC[C@H](COP(=O)(O)OC[C@@H](O)COP(=O)(O)O)OC(=O)CCC[C@H](O)/C=C/C=C\C/C=C\C=C\[C@H](O)CCCCC. The second kappa shape index (κ2) is 41.2. The molecule has 0 aliphatic rings. The number of phosphoric ester groups is 2. The molecule has 0 saturated carbocycles. The Morgan fingerprint density at radius 1 is 0.524 bits per heavy atom. The number of allylic oxidation sites excluding steroid dienone is 8. The summed E-state index contributed by atoms with van der Waals surface area (Å²) in [5.74, 6) is -1.27. The lowest BCUT2D eigenvalue weighted by Crippen LogP contribution is -2.30. The van der Waals surface area contributed by atoms with Crippen LogP contribution in [0.25, 0.3) is 0 Å². The molecule has 5 atom stereocenters. The van der Waals surface area contributed by atoms with E-state index in [0.717, 1.165) is 57.8 Å². The third-order valence-corrected chi connectivity index (χ3v) is 11.0. The lowest BCUT2D eigenvalue weighted by Gasteiger charge is -2.20. The number of esters is 2. The molecule has 0 aliphatic heterocycles. The summed E-state index contributed by atoms with van der Waals surface area (Å²) < 4.78 is 47.6. The van der Waals surface area contributed by atoms with Gasteiger partial charge in [-0.15, -0.1) is 0 Å².